The molecule has 7 rings (SSSR count). The van der Waals surface area contributed by atoms with Crippen molar-refractivity contribution in [1.82, 2.24) is 19.4 Å². The van der Waals surface area contributed by atoms with Crippen LogP contribution in [0.1, 0.15) is 52.1 Å². The molecular formula is C30H29FN4O5S. The van der Waals surface area contributed by atoms with Crippen molar-refractivity contribution in [3.05, 3.63) is 75.8 Å². The molecule has 0 bridgehead atoms. The fourth-order valence-electron chi connectivity index (χ4n) is 5.67. The van der Waals surface area contributed by atoms with Crippen molar-refractivity contribution < 1.29 is 28.5 Å². The molecule has 2 atom stereocenters. The van der Waals surface area contributed by atoms with Crippen LogP contribution >= 0.6 is 11.3 Å². The Morgan fingerprint density at radius 1 is 1.24 bits per heavy atom. The molecule has 1 N–H and O–H groups in total. The minimum atomic E-state index is -1.25. The molecule has 0 amide bonds. The van der Waals surface area contributed by atoms with Gasteiger partial charge in [-0.1, -0.05) is 35.6 Å². The highest BCUT2D eigenvalue weighted by Crippen LogP contribution is 2.49. The van der Waals surface area contributed by atoms with E-state index in [4.69, 9.17) is 19.2 Å². The van der Waals surface area contributed by atoms with Gasteiger partial charge in [0, 0.05) is 32.2 Å². The second-order valence-corrected chi connectivity index (χ2v) is 11.8. The number of carbonyl (C=O) groups is 1. The maximum atomic E-state index is 14.9. The van der Waals surface area contributed by atoms with Gasteiger partial charge in [0.2, 0.25) is 5.01 Å². The van der Waals surface area contributed by atoms with Gasteiger partial charge in [-0.15, -0.1) is 0 Å². The van der Waals surface area contributed by atoms with Crippen LogP contribution in [-0.2, 0) is 23.6 Å². The Kier molecular flexibility index (Phi) is 6.33. The zero-order chi connectivity index (χ0) is 28.3. The topological polar surface area (TPSA) is 98.9 Å². The van der Waals surface area contributed by atoms with Crippen LogP contribution in [0.2, 0.25) is 0 Å². The lowest BCUT2D eigenvalue weighted by molar-refractivity contribution is -0.0708. The first-order chi connectivity index (χ1) is 19.8. The van der Waals surface area contributed by atoms with Crippen molar-refractivity contribution in [3.8, 4) is 11.5 Å². The molecule has 11 heteroatoms. The number of para-hydroxylation sites is 1. The number of carboxylic acid groups (broad SMARTS) is 1. The maximum Gasteiger partial charge on any atom is 0.365 e. The lowest BCUT2D eigenvalue weighted by atomic mass is 9.98. The number of ether oxygens (including phenoxy) is 3. The molecule has 4 aromatic rings. The maximum absolute atomic E-state index is 14.9. The molecule has 9 nitrogen and oxygen atoms in total. The summed E-state index contributed by atoms with van der Waals surface area (Å²) in [6.07, 6.45) is 4.04. The summed E-state index contributed by atoms with van der Waals surface area (Å²) in [6, 6.07) is 10.9. The number of benzene rings is 2. The molecule has 212 valence electrons. The summed E-state index contributed by atoms with van der Waals surface area (Å²) in [5, 5.41) is 9.44. The Morgan fingerprint density at radius 3 is 2.80 bits per heavy atom. The van der Waals surface area contributed by atoms with E-state index in [0.29, 0.717) is 47.2 Å². The van der Waals surface area contributed by atoms with Crippen LogP contribution in [0.5, 0.6) is 11.5 Å². The number of aromatic carboxylic acids is 1. The minimum Gasteiger partial charge on any atom is -0.476 e. The molecule has 0 spiro atoms. The van der Waals surface area contributed by atoms with E-state index in [0.717, 1.165) is 59.9 Å². The summed E-state index contributed by atoms with van der Waals surface area (Å²) in [4.78, 5) is 23.5. The first kappa shape index (κ1) is 26.1. The number of fused-ring (bicyclic) bond motifs is 2. The number of nitrogens with zero attached hydrogens (tertiary/aromatic N) is 4. The van der Waals surface area contributed by atoms with Gasteiger partial charge in [0.25, 0.3) is 5.79 Å². The normalized spacial score (nSPS) is 22.1. The van der Waals surface area contributed by atoms with E-state index >= 15 is 0 Å². The average molecular weight is 577 g/mol. The molecular weight excluding hydrogens is 547 g/mol. The van der Waals surface area contributed by atoms with Gasteiger partial charge in [0.15, 0.2) is 22.0 Å². The van der Waals surface area contributed by atoms with Crippen LogP contribution in [0.15, 0.2) is 42.5 Å². The number of imidazole rings is 1. The number of rotatable bonds is 7. The van der Waals surface area contributed by atoms with Crippen LogP contribution in [0.4, 0.5) is 4.39 Å². The molecule has 1 fully saturated rings. The standard InChI is InChI=1S/C30H29FN4O5S/c1-17-6-7-21(22(31)14-17)30(2)39-23-5-3-4-20(25(23)40-30)18-8-11-34(12-9-18)16-24-32-27-26(33-28(41-27)29(36)37)35(24)15-19-10-13-38-19/h3-8,14,19H,9-13,15-16H2,1-2H3,(H,36,37)/t19-,30+/m0/s1. The van der Waals surface area contributed by atoms with Gasteiger partial charge in [0.05, 0.1) is 24.8 Å². The second kappa shape index (κ2) is 9.93. The SMILES string of the molecule is Cc1ccc([C@]2(C)Oc3cccc(C4=CCN(Cc5nc6sc(C(=O)O)nc6n5C[C@@H]5CCO5)CC4)c3O2)c(F)c1. The highest BCUT2D eigenvalue weighted by atomic mass is 32.1. The monoisotopic (exact) mass is 576 g/mol. The molecule has 41 heavy (non-hydrogen) atoms. The van der Waals surface area contributed by atoms with Gasteiger partial charge in [-0.25, -0.2) is 19.2 Å². The highest BCUT2D eigenvalue weighted by molar-refractivity contribution is 7.19. The average Bonchev–Trinajstić information content (AvgIpc) is 3.57. The summed E-state index contributed by atoms with van der Waals surface area (Å²) in [6.45, 7) is 7.06. The van der Waals surface area contributed by atoms with Crippen molar-refractivity contribution in [2.24, 2.45) is 0 Å². The van der Waals surface area contributed by atoms with Gasteiger partial charge in [-0.3, -0.25) is 4.90 Å². The van der Waals surface area contributed by atoms with Gasteiger partial charge in [-0.2, -0.15) is 0 Å². The molecule has 2 aromatic carbocycles. The second-order valence-electron chi connectivity index (χ2n) is 10.9. The largest absolute Gasteiger partial charge is 0.476 e. The van der Waals surface area contributed by atoms with Crippen LogP contribution in [0, 0.1) is 12.7 Å². The molecule has 0 unspecified atom stereocenters. The molecule has 3 aliphatic rings. The molecule has 0 saturated carbocycles. The molecule has 5 heterocycles. The first-order valence-electron chi connectivity index (χ1n) is 13.7. The van der Waals surface area contributed by atoms with E-state index in [2.05, 4.69) is 16.0 Å². The van der Waals surface area contributed by atoms with E-state index in [-0.39, 0.29) is 16.9 Å². The molecule has 0 aliphatic carbocycles. The van der Waals surface area contributed by atoms with E-state index in [1.807, 2.05) is 35.8 Å². The third kappa shape index (κ3) is 4.67. The van der Waals surface area contributed by atoms with Crippen LogP contribution in [0.3, 0.4) is 0 Å². The summed E-state index contributed by atoms with van der Waals surface area (Å²) >= 11 is 1.10. The fraction of sp³-hybridized carbons (Fsp3) is 0.367. The summed E-state index contributed by atoms with van der Waals surface area (Å²) in [5.41, 5.74) is 3.91. The molecule has 3 aliphatic heterocycles. The lowest BCUT2D eigenvalue weighted by Crippen LogP contribution is -2.34. The van der Waals surface area contributed by atoms with Gasteiger partial charge in [0.1, 0.15) is 11.6 Å². The van der Waals surface area contributed by atoms with Crippen molar-refractivity contribution in [2.45, 2.75) is 51.7 Å². The predicted molar refractivity (Wildman–Crippen MR) is 151 cm³/mol. The third-order valence-electron chi connectivity index (χ3n) is 7.95. The third-order valence-corrected chi connectivity index (χ3v) is 8.88. The number of thiazole rings is 1. The predicted octanol–water partition coefficient (Wildman–Crippen LogP) is 5.36. The van der Waals surface area contributed by atoms with E-state index in [1.54, 1.807) is 13.0 Å². The minimum absolute atomic E-state index is 0.0469. The van der Waals surface area contributed by atoms with Crippen LogP contribution < -0.4 is 9.47 Å². The summed E-state index contributed by atoms with van der Waals surface area (Å²) < 4.78 is 35.0. The number of hydrogen-bond donors (Lipinski definition) is 1. The fourth-order valence-corrected chi connectivity index (χ4v) is 6.47. The Morgan fingerprint density at radius 2 is 2.10 bits per heavy atom. The Labute approximate surface area is 239 Å². The number of carboxylic acids is 1. The van der Waals surface area contributed by atoms with E-state index in [1.165, 1.54) is 6.07 Å². The van der Waals surface area contributed by atoms with E-state index < -0.39 is 11.8 Å². The molecule has 0 radical (unpaired) electrons. The van der Waals surface area contributed by atoms with Crippen molar-refractivity contribution in [2.75, 3.05) is 19.7 Å². The smallest absolute Gasteiger partial charge is 0.365 e. The summed E-state index contributed by atoms with van der Waals surface area (Å²) in [5.74, 6) is -0.559. The van der Waals surface area contributed by atoms with Crippen molar-refractivity contribution in [3.63, 3.8) is 0 Å². The molecule has 2 aromatic heterocycles. The van der Waals surface area contributed by atoms with Crippen molar-refractivity contribution >= 4 is 33.4 Å². The number of hydrogen-bond acceptors (Lipinski definition) is 8. The first-order valence-corrected chi connectivity index (χ1v) is 14.5. The quantitative estimate of drug-likeness (QED) is 0.314. The highest BCUT2D eigenvalue weighted by Gasteiger charge is 2.42. The van der Waals surface area contributed by atoms with Crippen LogP contribution in [0.25, 0.3) is 16.1 Å². The molecule has 1 saturated heterocycles. The van der Waals surface area contributed by atoms with Crippen molar-refractivity contribution in [1.29, 1.82) is 0 Å². The zero-order valence-electron chi connectivity index (χ0n) is 22.7. The van der Waals surface area contributed by atoms with E-state index in [9.17, 15) is 14.3 Å². The van der Waals surface area contributed by atoms with Gasteiger partial charge >= 0.3 is 5.97 Å². The van der Waals surface area contributed by atoms with Gasteiger partial charge < -0.3 is 23.9 Å². The Balaban J connectivity index is 1.11. The number of aryl methyl sites for hydroxylation is 1. The zero-order valence-corrected chi connectivity index (χ0v) is 23.5. The lowest BCUT2D eigenvalue weighted by Gasteiger charge is -2.29. The van der Waals surface area contributed by atoms with Crippen LogP contribution in [-0.4, -0.2) is 56.3 Å². The van der Waals surface area contributed by atoms with Gasteiger partial charge in [-0.05, 0) is 49.1 Å². The number of halogens is 1. The Hall–Kier alpha value is -3.80. The summed E-state index contributed by atoms with van der Waals surface area (Å²) in [7, 11) is 0. The number of aromatic nitrogens is 3. The Bertz CT molecular complexity index is 1710.